The Bertz CT molecular complexity index is 649. The molecule has 1 fully saturated rings. The molecule has 1 N–H and O–H groups in total. The fourth-order valence-electron chi connectivity index (χ4n) is 3.20. The predicted molar refractivity (Wildman–Crippen MR) is 119 cm³/mol. The van der Waals surface area contributed by atoms with Gasteiger partial charge in [0.25, 0.3) is 0 Å². The SMILES string of the molecule is CN=C(NCC(=O)N1CCc2ccccc2C1)N(C)CCOCC1CC1.I. The van der Waals surface area contributed by atoms with E-state index in [1.165, 1.54) is 24.0 Å². The Morgan fingerprint density at radius 3 is 2.78 bits per heavy atom. The Kier molecular flexibility index (Phi) is 8.82. The molecule has 3 rings (SSSR count). The first-order valence-electron chi connectivity index (χ1n) is 9.51. The molecule has 1 aromatic rings. The van der Waals surface area contributed by atoms with Crippen LogP contribution >= 0.6 is 24.0 Å². The summed E-state index contributed by atoms with van der Waals surface area (Å²) in [4.78, 5) is 20.8. The molecule has 0 atom stereocenters. The van der Waals surface area contributed by atoms with Crippen LogP contribution in [0.15, 0.2) is 29.3 Å². The zero-order valence-corrected chi connectivity index (χ0v) is 18.6. The van der Waals surface area contributed by atoms with Gasteiger partial charge in [0.15, 0.2) is 5.96 Å². The number of hydrogen-bond donors (Lipinski definition) is 1. The number of carbonyl (C=O) groups excluding carboxylic acids is 1. The fraction of sp³-hybridized carbons (Fsp3) is 0.600. The van der Waals surface area contributed by atoms with Crippen LogP contribution in [0.3, 0.4) is 0 Å². The van der Waals surface area contributed by atoms with E-state index in [0.717, 1.165) is 38.0 Å². The van der Waals surface area contributed by atoms with Gasteiger partial charge in [-0.05, 0) is 36.3 Å². The van der Waals surface area contributed by atoms with Crippen LogP contribution in [-0.4, -0.2) is 68.6 Å². The van der Waals surface area contributed by atoms with Gasteiger partial charge in [-0.1, -0.05) is 24.3 Å². The summed E-state index contributed by atoms with van der Waals surface area (Å²) in [6.45, 7) is 4.06. The highest BCUT2D eigenvalue weighted by Crippen LogP contribution is 2.28. The van der Waals surface area contributed by atoms with Gasteiger partial charge in [0, 0.05) is 40.3 Å². The van der Waals surface area contributed by atoms with Crippen molar-refractivity contribution in [1.82, 2.24) is 15.1 Å². The lowest BCUT2D eigenvalue weighted by atomic mass is 10.00. The number of nitrogens with one attached hydrogen (secondary N) is 1. The van der Waals surface area contributed by atoms with Crippen LogP contribution in [0.5, 0.6) is 0 Å². The molecule has 0 aromatic heterocycles. The number of likely N-dealkylation sites (N-methyl/N-ethyl adjacent to an activating group) is 1. The molecule has 0 unspecified atom stereocenters. The molecule has 1 amide bonds. The third-order valence-corrected chi connectivity index (χ3v) is 5.08. The molecule has 1 aliphatic heterocycles. The molecule has 1 saturated carbocycles. The zero-order valence-electron chi connectivity index (χ0n) is 16.3. The number of amides is 1. The van der Waals surface area contributed by atoms with E-state index in [4.69, 9.17) is 4.74 Å². The molecule has 27 heavy (non-hydrogen) atoms. The molecule has 0 bridgehead atoms. The van der Waals surface area contributed by atoms with Gasteiger partial charge in [-0.15, -0.1) is 24.0 Å². The second kappa shape index (κ2) is 10.8. The lowest BCUT2D eigenvalue weighted by Gasteiger charge is -2.29. The first-order valence-corrected chi connectivity index (χ1v) is 9.51. The zero-order chi connectivity index (χ0) is 18.4. The van der Waals surface area contributed by atoms with Crippen LogP contribution in [0.4, 0.5) is 0 Å². The summed E-state index contributed by atoms with van der Waals surface area (Å²) in [6.07, 6.45) is 3.54. The smallest absolute Gasteiger partial charge is 0.242 e. The highest BCUT2D eigenvalue weighted by atomic mass is 127. The molecule has 1 heterocycles. The minimum absolute atomic E-state index is 0. The van der Waals surface area contributed by atoms with Gasteiger partial charge in [-0.25, -0.2) is 0 Å². The van der Waals surface area contributed by atoms with E-state index < -0.39 is 0 Å². The van der Waals surface area contributed by atoms with Gasteiger partial charge in [0.05, 0.1) is 13.2 Å². The van der Waals surface area contributed by atoms with Gasteiger partial charge in [0.2, 0.25) is 5.91 Å². The van der Waals surface area contributed by atoms with Crippen LogP contribution in [0.2, 0.25) is 0 Å². The largest absolute Gasteiger partial charge is 0.379 e. The Morgan fingerprint density at radius 1 is 1.33 bits per heavy atom. The number of guanidine groups is 1. The van der Waals surface area contributed by atoms with Gasteiger partial charge in [-0.2, -0.15) is 0 Å². The quantitative estimate of drug-likeness (QED) is 0.278. The van der Waals surface area contributed by atoms with Crippen molar-refractivity contribution in [2.75, 3.05) is 46.9 Å². The lowest BCUT2D eigenvalue weighted by Crippen LogP contribution is -2.47. The third-order valence-electron chi connectivity index (χ3n) is 5.08. The van der Waals surface area contributed by atoms with E-state index in [0.29, 0.717) is 13.2 Å². The second-order valence-electron chi connectivity index (χ2n) is 7.17. The van der Waals surface area contributed by atoms with Crippen molar-refractivity contribution in [2.24, 2.45) is 10.9 Å². The monoisotopic (exact) mass is 486 g/mol. The predicted octanol–water partition coefficient (Wildman–Crippen LogP) is 2.12. The van der Waals surface area contributed by atoms with Crippen LogP contribution < -0.4 is 5.32 Å². The molecular weight excluding hydrogens is 455 g/mol. The molecule has 0 saturated heterocycles. The van der Waals surface area contributed by atoms with Crippen molar-refractivity contribution in [2.45, 2.75) is 25.8 Å². The summed E-state index contributed by atoms with van der Waals surface area (Å²) in [5.41, 5.74) is 2.60. The maximum atomic E-state index is 12.6. The van der Waals surface area contributed by atoms with Gasteiger partial charge < -0.3 is 19.9 Å². The summed E-state index contributed by atoms with van der Waals surface area (Å²) in [7, 11) is 3.71. The highest BCUT2D eigenvalue weighted by molar-refractivity contribution is 14.0. The molecule has 1 aliphatic carbocycles. The van der Waals surface area contributed by atoms with E-state index in [1.807, 2.05) is 22.9 Å². The average molecular weight is 486 g/mol. The van der Waals surface area contributed by atoms with Gasteiger partial charge >= 0.3 is 0 Å². The van der Waals surface area contributed by atoms with Crippen LogP contribution in [0.25, 0.3) is 0 Å². The van der Waals surface area contributed by atoms with E-state index in [-0.39, 0.29) is 36.4 Å². The third kappa shape index (κ3) is 6.64. The van der Waals surface area contributed by atoms with Crippen molar-refractivity contribution < 1.29 is 9.53 Å². The molecule has 2 aliphatic rings. The van der Waals surface area contributed by atoms with Gasteiger partial charge in [0.1, 0.15) is 0 Å². The number of rotatable bonds is 7. The standard InChI is InChI=1S/C20H30N4O2.HI/c1-21-20(23(2)11-12-26-15-16-7-8-16)22-13-19(25)24-10-9-17-5-3-4-6-18(17)14-24;/h3-6,16H,7-15H2,1-2H3,(H,21,22);1H. The Balaban J connectivity index is 0.00000261. The first kappa shape index (κ1) is 21.9. The van der Waals surface area contributed by atoms with E-state index in [1.54, 1.807) is 7.05 Å². The first-order chi connectivity index (χ1) is 12.7. The Morgan fingerprint density at radius 2 is 2.07 bits per heavy atom. The maximum Gasteiger partial charge on any atom is 0.242 e. The number of ether oxygens (including phenoxy) is 1. The van der Waals surface area contributed by atoms with Crippen LogP contribution in [0.1, 0.15) is 24.0 Å². The number of hydrogen-bond acceptors (Lipinski definition) is 3. The maximum absolute atomic E-state index is 12.6. The number of halogens is 1. The molecule has 7 heteroatoms. The van der Waals surface area contributed by atoms with Crippen LogP contribution in [0, 0.1) is 5.92 Å². The normalized spacial score (nSPS) is 16.4. The van der Waals surface area contributed by atoms with E-state index in [2.05, 4.69) is 28.5 Å². The van der Waals surface area contributed by atoms with Crippen molar-refractivity contribution in [3.05, 3.63) is 35.4 Å². The number of aliphatic imine (C=N–C) groups is 1. The van der Waals surface area contributed by atoms with E-state index >= 15 is 0 Å². The molecular formula is C20H31IN4O2. The summed E-state index contributed by atoms with van der Waals surface area (Å²) < 4.78 is 5.68. The summed E-state index contributed by atoms with van der Waals surface area (Å²) in [5, 5.41) is 3.18. The Labute approximate surface area is 179 Å². The molecule has 0 radical (unpaired) electrons. The molecule has 0 spiro atoms. The summed E-state index contributed by atoms with van der Waals surface area (Å²) >= 11 is 0. The Hall–Kier alpha value is -1.35. The van der Waals surface area contributed by atoms with Crippen molar-refractivity contribution in [3.8, 4) is 0 Å². The minimum Gasteiger partial charge on any atom is -0.379 e. The van der Waals surface area contributed by atoms with Crippen molar-refractivity contribution in [1.29, 1.82) is 0 Å². The van der Waals surface area contributed by atoms with Crippen molar-refractivity contribution >= 4 is 35.8 Å². The average Bonchev–Trinajstić information content (AvgIpc) is 3.49. The number of benzene rings is 1. The second-order valence-corrected chi connectivity index (χ2v) is 7.17. The van der Waals surface area contributed by atoms with Crippen molar-refractivity contribution in [3.63, 3.8) is 0 Å². The topological polar surface area (TPSA) is 57.2 Å². The highest BCUT2D eigenvalue weighted by Gasteiger charge is 2.22. The fourth-order valence-corrected chi connectivity index (χ4v) is 3.20. The minimum atomic E-state index is 0. The lowest BCUT2D eigenvalue weighted by molar-refractivity contribution is -0.130. The summed E-state index contributed by atoms with van der Waals surface area (Å²) in [6, 6.07) is 8.35. The van der Waals surface area contributed by atoms with E-state index in [9.17, 15) is 4.79 Å². The number of fused-ring (bicyclic) bond motifs is 1. The molecule has 150 valence electrons. The number of nitrogens with zero attached hydrogens (tertiary/aromatic N) is 3. The number of carbonyl (C=O) groups is 1. The molecule has 6 nitrogen and oxygen atoms in total. The van der Waals surface area contributed by atoms with Crippen LogP contribution in [-0.2, 0) is 22.5 Å². The van der Waals surface area contributed by atoms with Gasteiger partial charge in [-0.3, -0.25) is 9.79 Å². The summed E-state index contributed by atoms with van der Waals surface area (Å²) in [5.74, 6) is 1.62. The molecule has 1 aromatic carbocycles.